The summed E-state index contributed by atoms with van der Waals surface area (Å²) >= 11 is 3.13. The molecule has 4 heteroatoms. The molecule has 0 aromatic heterocycles. The van der Waals surface area contributed by atoms with Gasteiger partial charge >= 0.3 is 0 Å². The second-order valence-corrected chi connectivity index (χ2v) is 3.24. The Balaban J connectivity index is 3.43. The fourth-order valence-electron chi connectivity index (χ4n) is 0.903. The second-order valence-electron chi connectivity index (χ2n) is 2.45. The van der Waals surface area contributed by atoms with E-state index >= 15 is 0 Å². The van der Waals surface area contributed by atoms with Gasteiger partial charge in [-0.25, -0.2) is 0 Å². The second kappa shape index (κ2) is 3.15. The van der Waals surface area contributed by atoms with Gasteiger partial charge in [-0.1, -0.05) is 6.07 Å². The van der Waals surface area contributed by atoms with Crippen molar-refractivity contribution in [3.8, 4) is 0 Å². The van der Waals surface area contributed by atoms with Crippen LogP contribution in [0.5, 0.6) is 0 Å². The molecule has 0 saturated heterocycles. The maximum absolute atomic E-state index is 10.6. The van der Waals surface area contributed by atoms with E-state index in [1.54, 1.807) is 19.1 Å². The maximum Gasteiger partial charge on any atom is 0.0747 e. The lowest BCUT2D eigenvalue weighted by molar-refractivity contribution is -0.255. The minimum absolute atomic E-state index is 0.0231. The molecule has 0 aliphatic carbocycles. The Hall–Kier alpha value is -1.03. The summed E-state index contributed by atoms with van der Waals surface area (Å²) in [6, 6.07) is 3.29. The van der Waals surface area contributed by atoms with E-state index < -0.39 is 5.97 Å². The van der Waals surface area contributed by atoms with E-state index in [1.807, 2.05) is 0 Å². The van der Waals surface area contributed by atoms with Crippen LogP contribution in [0.25, 0.3) is 0 Å². The third-order valence-electron chi connectivity index (χ3n) is 1.57. The average Bonchev–Trinajstić information content (AvgIpc) is 1.97. The van der Waals surface area contributed by atoms with Gasteiger partial charge < -0.3 is 15.6 Å². The first kappa shape index (κ1) is 9.06. The number of carboxylic acids is 1. The third-order valence-corrected chi connectivity index (χ3v) is 2.59. The Morgan fingerprint density at radius 1 is 1.58 bits per heavy atom. The number of aromatic carboxylic acids is 1. The minimum atomic E-state index is -1.26. The predicted molar refractivity (Wildman–Crippen MR) is 47.6 cm³/mol. The van der Waals surface area contributed by atoms with Gasteiger partial charge in [-0.2, -0.15) is 0 Å². The number of hydrogen-bond acceptors (Lipinski definition) is 3. The molecule has 1 rings (SSSR count). The molecular formula is C8H7BrNO2-. The van der Waals surface area contributed by atoms with Crippen LogP contribution in [0.3, 0.4) is 0 Å². The predicted octanol–water partition coefficient (Wildman–Crippen LogP) is 0.703. The van der Waals surface area contributed by atoms with Gasteiger partial charge in [0.2, 0.25) is 0 Å². The lowest BCUT2D eigenvalue weighted by Crippen LogP contribution is -2.24. The molecule has 0 unspecified atom stereocenters. The van der Waals surface area contributed by atoms with Crippen molar-refractivity contribution in [2.24, 2.45) is 0 Å². The number of anilines is 1. The monoisotopic (exact) mass is 228 g/mol. The van der Waals surface area contributed by atoms with Gasteiger partial charge in [0.1, 0.15) is 0 Å². The van der Waals surface area contributed by atoms with E-state index in [4.69, 9.17) is 5.73 Å². The lowest BCUT2D eigenvalue weighted by atomic mass is 10.1. The lowest BCUT2D eigenvalue weighted by Gasteiger charge is -2.10. The van der Waals surface area contributed by atoms with Crippen molar-refractivity contribution in [3.63, 3.8) is 0 Å². The van der Waals surface area contributed by atoms with Crippen LogP contribution >= 0.6 is 15.9 Å². The number of aryl methyl sites for hydroxylation is 1. The first-order chi connectivity index (χ1) is 5.54. The Kier molecular flexibility index (Phi) is 2.38. The van der Waals surface area contributed by atoms with E-state index in [2.05, 4.69) is 15.9 Å². The number of carboxylic acid groups (broad SMARTS) is 1. The fraction of sp³-hybridized carbons (Fsp3) is 0.125. The van der Waals surface area contributed by atoms with Crippen LogP contribution in [0.4, 0.5) is 5.69 Å². The van der Waals surface area contributed by atoms with Gasteiger partial charge in [0.15, 0.2) is 0 Å². The molecule has 12 heavy (non-hydrogen) atoms. The fourth-order valence-corrected chi connectivity index (χ4v) is 1.43. The molecule has 0 saturated carbocycles. The highest BCUT2D eigenvalue weighted by atomic mass is 79.9. The quantitative estimate of drug-likeness (QED) is 0.721. The summed E-state index contributed by atoms with van der Waals surface area (Å²) in [6.07, 6.45) is 0. The smallest absolute Gasteiger partial charge is 0.0747 e. The topological polar surface area (TPSA) is 66.2 Å². The Morgan fingerprint density at radius 3 is 2.58 bits per heavy atom. The molecule has 0 amide bonds. The summed E-state index contributed by atoms with van der Waals surface area (Å²) in [5.41, 5.74) is 6.50. The van der Waals surface area contributed by atoms with Crippen LogP contribution < -0.4 is 10.8 Å². The van der Waals surface area contributed by atoms with Crippen molar-refractivity contribution in [1.82, 2.24) is 0 Å². The van der Waals surface area contributed by atoms with Gasteiger partial charge in [0.25, 0.3) is 0 Å². The molecule has 0 bridgehead atoms. The largest absolute Gasteiger partial charge is 0.545 e. The number of carbonyl (C=O) groups excluding carboxylic acids is 1. The molecule has 0 aliphatic heterocycles. The highest BCUT2D eigenvalue weighted by Gasteiger charge is 2.06. The van der Waals surface area contributed by atoms with Gasteiger partial charge in [-0.15, -0.1) is 0 Å². The first-order valence-corrected chi connectivity index (χ1v) is 4.09. The SMILES string of the molecule is Cc1ccc(N)c(C(=O)[O-])c1Br. The Bertz CT molecular complexity index is 336. The molecule has 2 N–H and O–H groups in total. The normalized spacial score (nSPS) is 9.83. The molecule has 1 aromatic carbocycles. The van der Waals surface area contributed by atoms with E-state index in [1.165, 1.54) is 0 Å². The van der Waals surface area contributed by atoms with Crippen molar-refractivity contribution >= 4 is 27.6 Å². The van der Waals surface area contributed by atoms with Gasteiger partial charge in [-0.3, -0.25) is 0 Å². The number of halogens is 1. The number of carbonyl (C=O) groups is 1. The number of rotatable bonds is 1. The zero-order chi connectivity index (χ0) is 9.30. The zero-order valence-electron chi connectivity index (χ0n) is 6.43. The summed E-state index contributed by atoms with van der Waals surface area (Å²) in [6.45, 7) is 1.79. The van der Waals surface area contributed by atoms with Crippen LogP contribution in [-0.4, -0.2) is 5.97 Å². The van der Waals surface area contributed by atoms with Crippen molar-refractivity contribution < 1.29 is 9.90 Å². The molecule has 0 fully saturated rings. The molecular weight excluding hydrogens is 222 g/mol. The highest BCUT2D eigenvalue weighted by Crippen LogP contribution is 2.25. The third kappa shape index (κ3) is 1.43. The van der Waals surface area contributed by atoms with Crippen LogP contribution in [0, 0.1) is 6.92 Å². The average molecular weight is 229 g/mol. The molecule has 0 radical (unpaired) electrons. The zero-order valence-corrected chi connectivity index (χ0v) is 8.01. The van der Waals surface area contributed by atoms with E-state index in [0.29, 0.717) is 4.47 Å². The van der Waals surface area contributed by atoms with Crippen LogP contribution in [0.15, 0.2) is 16.6 Å². The van der Waals surface area contributed by atoms with Gasteiger partial charge in [0.05, 0.1) is 5.97 Å². The van der Waals surface area contributed by atoms with Gasteiger partial charge in [0, 0.05) is 15.7 Å². The molecule has 3 nitrogen and oxygen atoms in total. The number of hydrogen-bond donors (Lipinski definition) is 1. The van der Waals surface area contributed by atoms with Gasteiger partial charge in [-0.05, 0) is 34.5 Å². The Morgan fingerprint density at radius 2 is 2.17 bits per heavy atom. The summed E-state index contributed by atoms with van der Waals surface area (Å²) in [7, 11) is 0. The molecule has 0 spiro atoms. The Labute approximate surface area is 78.3 Å². The van der Waals surface area contributed by atoms with Crippen molar-refractivity contribution in [2.75, 3.05) is 5.73 Å². The standard InChI is InChI=1S/C8H8BrNO2/c1-4-2-3-5(10)6(7(4)9)8(11)12/h2-3H,10H2,1H3,(H,11,12)/p-1. The van der Waals surface area contributed by atoms with Crippen molar-refractivity contribution in [1.29, 1.82) is 0 Å². The highest BCUT2D eigenvalue weighted by molar-refractivity contribution is 9.10. The van der Waals surface area contributed by atoms with Crippen molar-refractivity contribution in [2.45, 2.75) is 6.92 Å². The van der Waals surface area contributed by atoms with E-state index in [0.717, 1.165) is 5.56 Å². The molecule has 0 heterocycles. The van der Waals surface area contributed by atoms with E-state index in [9.17, 15) is 9.90 Å². The molecule has 0 atom stereocenters. The molecule has 0 aliphatic rings. The summed E-state index contributed by atoms with van der Waals surface area (Å²) < 4.78 is 0.488. The van der Waals surface area contributed by atoms with E-state index in [-0.39, 0.29) is 11.3 Å². The summed E-state index contributed by atoms with van der Waals surface area (Å²) in [5.74, 6) is -1.26. The van der Waals surface area contributed by atoms with Crippen LogP contribution in [0.1, 0.15) is 15.9 Å². The summed E-state index contributed by atoms with van der Waals surface area (Å²) in [5, 5.41) is 10.6. The molecule has 64 valence electrons. The van der Waals surface area contributed by atoms with Crippen molar-refractivity contribution in [3.05, 3.63) is 27.7 Å². The summed E-state index contributed by atoms with van der Waals surface area (Å²) in [4.78, 5) is 10.6. The maximum atomic E-state index is 10.6. The number of benzene rings is 1. The van der Waals surface area contributed by atoms with Crippen LogP contribution in [-0.2, 0) is 0 Å². The number of nitrogen functional groups attached to an aromatic ring is 1. The minimum Gasteiger partial charge on any atom is -0.545 e. The number of nitrogens with two attached hydrogens (primary N) is 1. The van der Waals surface area contributed by atoms with Crippen LogP contribution in [0.2, 0.25) is 0 Å². The molecule has 1 aromatic rings. The first-order valence-electron chi connectivity index (χ1n) is 3.30.